The molecular formula is C26H27ClN4O6. The maximum Gasteiger partial charge on any atom is 0.250 e. The molecule has 0 saturated carbocycles. The van der Waals surface area contributed by atoms with Crippen molar-refractivity contribution in [1.29, 1.82) is 0 Å². The van der Waals surface area contributed by atoms with Gasteiger partial charge in [-0.15, -0.1) is 0 Å². The van der Waals surface area contributed by atoms with Gasteiger partial charge in [-0.25, -0.2) is 0 Å². The largest absolute Gasteiger partial charge is 0.493 e. The number of methoxy groups -OCH3 is 2. The number of nitrogens with one attached hydrogen (secondary N) is 2. The van der Waals surface area contributed by atoms with Crippen molar-refractivity contribution in [3.8, 4) is 11.5 Å². The number of fused-ring (bicyclic) bond motifs is 4. The van der Waals surface area contributed by atoms with Gasteiger partial charge in [-0.3, -0.25) is 29.4 Å². The number of nitrogens with two attached hydrogens (primary N) is 1. The first-order valence-corrected chi connectivity index (χ1v) is 12.2. The molecule has 194 valence electrons. The fourth-order valence-corrected chi connectivity index (χ4v) is 6.26. The van der Waals surface area contributed by atoms with Crippen LogP contribution in [-0.2, 0) is 31.1 Å². The van der Waals surface area contributed by atoms with Crippen molar-refractivity contribution in [2.45, 2.75) is 31.3 Å². The van der Waals surface area contributed by atoms with Crippen LogP contribution in [0.1, 0.15) is 23.1 Å². The van der Waals surface area contributed by atoms with Crippen molar-refractivity contribution in [2.75, 3.05) is 26.1 Å². The van der Waals surface area contributed by atoms with Gasteiger partial charge < -0.3 is 20.5 Å². The van der Waals surface area contributed by atoms with Gasteiger partial charge in [0.15, 0.2) is 11.5 Å². The third-order valence-electron chi connectivity index (χ3n) is 7.50. The monoisotopic (exact) mass is 526 g/mol. The van der Waals surface area contributed by atoms with Crippen molar-refractivity contribution >= 4 is 40.9 Å². The zero-order valence-electron chi connectivity index (χ0n) is 20.6. The number of amides is 4. The van der Waals surface area contributed by atoms with Gasteiger partial charge in [-0.05, 0) is 42.7 Å². The normalized spacial score (nSPS) is 25.9. The quantitative estimate of drug-likeness (QED) is 0.464. The summed E-state index contributed by atoms with van der Waals surface area (Å²) < 4.78 is 10.6. The molecule has 0 bridgehead atoms. The van der Waals surface area contributed by atoms with Crippen molar-refractivity contribution in [3.05, 3.63) is 52.0 Å². The Kier molecular flexibility index (Phi) is 6.12. The van der Waals surface area contributed by atoms with Crippen LogP contribution in [0.3, 0.4) is 0 Å². The average molecular weight is 527 g/mol. The Labute approximate surface area is 218 Å². The summed E-state index contributed by atoms with van der Waals surface area (Å²) in [6.45, 7) is 1.93. The van der Waals surface area contributed by atoms with E-state index in [1.807, 2.05) is 13.0 Å². The van der Waals surface area contributed by atoms with Gasteiger partial charge >= 0.3 is 0 Å². The minimum Gasteiger partial charge on any atom is -0.493 e. The first kappa shape index (κ1) is 25.0. The van der Waals surface area contributed by atoms with Gasteiger partial charge in [0, 0.05) is 24.6 Å². The summed E-state index contributed by atoms with van der Waals surface area (Å²) in [5.74, 6) is -2.92. The number of rotatable bonds is 7. The Morgan fingerprint density at radius 1 is 1.11 bits per heavy atom. The first-order valence-electron chi connectivity index (χ1n) is 11.9. The summed E-state index contributed by atoms with van der Waals surface area (Å²) in [5, 5.41) is 6.29. The molecular weight excluding hydrogens is 500 g/mol. The molecule has 3 aliphatic heterocycles. The second-order valence-corrected chi connectivity index (χ2v) is 10.0. The van der Waals surface area contributed by atoms with Crippen LogP contribution < -0.4 is 25.8 Å². The molecule has 3 aliphatic rings. The Hall–Kier alpha value is -3.63. The van der Waals surface area contributed by atoms with E-state index in [2.05, 4.69) is 10.6 Å². The fraction of sp³-hybridized carbons (Fsp3) is 0.385. The standard InChI is InChI=1S/C26H27ClN4O6/c1-12-8-14-22(15(27)9-12)29-25(35)26(14)21-20(16(30-26)11-19(28)32)23(33)31(24(21)34)7-6-13-4-5-17(36-2)18(10-13)37-3/h4-5,8-10,16,20-21,30H,6-7,11H2,1-3H3,(H2,28,32)(H,29,35)/t16?,20-,21+,26?/m1/s1. The number of benzene rings is 2. The lowest BCUT2D eigenvalue weighted by Crippen LogP contribution is -2.53. The number of nitrogens with zero attached hydrogens (tertiary/aromatic N) is 1. The lowest BCUT2D eigenvalue weighted by molar-refractivity contribution is -0.142. The highest BCUT2D eigenvalue weighted by Crippen LogP contribution is 2.54. The van der Waals surface area contributed by atoms with Crippen molar-refractivity contribution in [3.63, 3.8) is 0 Å². The molecule has 1 spiro atoms. The second-order valence-electron chi connectivity index (χ2n) is 9.62. The minimum atomic E-state index is -1.54. The third-order valence-corrected chi connectivity index (χ3v) is 7.80. The van der Waals surface area contributed by atoms with Crippen LogP contribution in [-0.4, -0.2) is 55.3 Å². The molecule has 4 atom stereocenters. The number of anilines is 1. The number of primary amides is 1. The molecule has 5 rings (SSSR count). The molecule has 2 aromatic carbocycles. The topological polar surface area (TPSA) is 140 Å². The number of carbonyl (C=O) groups excluding carboxylic acids is 4. The molecule has 2 fully saturated rings. The summed E-state index contributed by atoms with van der Waals surface area (Å²) in [6.07, 6.45) is 0.166. The molecule has 11 heteroatoms. The zero-order chi connectivity index (χ0) is 26.6. The maximum absolute atomic E-state index is 13.9. The zero-order valence-corrected chi connectivity index (χ0v) is 21.3. The van der Waals surface area contributed by atoms with Crippen LogP contribution in [0.2, 0.25) is 5.02 Å². The van der Waals surface area contributed by atoms with Gasteiger partial charge in [0.2, 0.25) is 23.6 Å². The lowest BCUT2D eigenvalue weighted by Gasteiger charge is -2.29. The van der Waals surface area contributed by atoms with Gasteiger partial charge in [-0.1, -0.05) is 23.7 Å². The number of imide groups is 1. The van der Waals surface area contributed by atoms with E-state index < -0.39 is 47.0 Å². The van der Waals surface area contributed by atoms with Gasteiger partial charge in [-0.2, -0.15) is 0 Å². The molecule has 2 aromatic rings. The molecule has 0 aliphatic carbocycles. The van der Waals surface area contributed by atoms with E-state index >= 15 is 0 Å². The molecule has 4 amide bonds. The van der Waals surface area contributed by atoms with Crippen LogP contribution >= 0.6 is 11.6 Å². The summed E-state index contributed by atoms with van der Waals surface area (Å²) in [4.78, 5) is 54.1. The molecule has 0 radical (unpaired) electrons. The van der Waals surface area contributed by atoms with E-state index in [-0.39, 0.29) is 13.0 Å². The number of ether oxygens (including phenoxy) is 2. The van der Waals surface area contributed by atoms with Crippen molar-refractivity contribution in [2.24, 2.45) is 17.6 Å². The van der Waals surface area contributed by atoms with Crippen LogP contribution in [0, 0.1) is 18.8 Å². The van der Waals surface area contributed by atoms with E-state index in [0.29, 0.717) is 34.2 Å². The highest BCUT2D eigenvalue weighted by atomic mass is 35.5. The van der Waals surface area contributed by atoms with Crippen molar-refractivity contribution in [1.82, 2.24) is 10.2 Å². The molecule has 37 heavy (non-hydrogen) atoms. The summed E-state index contributed by atoms with van der Waals surface area (Å²) in [7, 11) is 3.07. The van der Waals surface area contributed by atoms with Gasteiger partial charge in [0.25, 0.3) is 0 Å². The lowest BCUT2D eigenvalue weighted by atomic mass is 9.76. The fourth-order valence-electron chi connectivity index (χ4n) is 5.94. The molecule has 2 saturated heterocycles. The minimum absolute atomic E-state index is 0.0998. The predicted octanol–water partition coefficient (Wildman–Crippen LogP) is 1.50. The van der Waals surface area contributed by atoms with Crippen LogP contribution in [0.5, 0.6) is 11.5 Å². The molecule has 2 unspecified atom stereocenters. The first-order chi connectivity index (χ1) is 17.6. The third kappa shape index (κ3) is 3.74. The molecule has 3 heterocycles. The van der Waals surface area contributed by atoms with Crippen LogP contribution in [0.4, 0.5) is 5.69 Å². The van der Waals surface area contributed by atoms with E-state index in [0.717, 1.165) is 11.1 Å². The molecule has 4 N–H and O–H groups in total. The SMILES string of the molecule is COc1ccc(CCN2C(=O)[C@@H]3C(CC(N)=O)NC4(C(=O)Nc5c(Cl)cc(C)cc54)[C@@H]3C2=O)cc1OC. The number of aryl methyl sites for hydroxylation is 1. The highest BCUT2D eigenvalue weighted by molar-refractivity contribution is 6.35. The van der Waals surface area contributed by atoms with Gasteiger partial charge in [0.05, 0.1) is 36.8 Å². The predicted molar refractivity (Wildman–Crippen MR) is 134 cm³/mol. The smallest absolute Gasteiger partial charge is 0.250 e. The number of likely N-dealkylation sites (tertiary alicyclic amines) is 1. The summed E-state index contributed by atoms with van der Waals surface area (Å²) in [6, 6.07) is 8.07. The van der Waals surface area contributed by atoms with Crippen molar-refractivity contribution < 1.29 is 28.7 Å². The average Bonchev–Trinajstić information content (AvgIpc) is 3.42. The number of hydrogen-bond donors (Lipinski definition) is 3. The van der Waals surface area contributed by atoms with Crippen LogP contribution in [0.25, 0.3) is 0 Å². The number of carbonyl (C=O) groups is 4. The second kappa shape index (κ2) is 9.04. The molecule has 0 aromatic heterocycles. The number of hydrogen-bond acceptors (Lipinski definition) is 7. The van der Waals surface area contributed by atoms with E-state index in [1.54, 1.807) is 24.3 Å². The Morgan fingerprint density at radius 3 is 2.51 bits per heavy atom. The maximum atomic E-state index is 13.9. The molecule has 10 nitrogen and oxygen atoms in total. The van der Waals surface area contributed by atoms with Gasteiger partial charge in [0.1, 0.15) is 5.54 Å². The summed E-state index contributed by atoms with van der Waals surface area (Å²) >= 11 is 6.43. The Bertz CT molecular complexity index is 1350. The highest BCUT2D eigenvalue weighted by Gasteiger charge is 2.70. The Balaban J connectivity index is 1.51. The summed E-state index contributed by atoms with van der Waals surface area (Å²) in [5.41, 5.74) is 6.46. The van der Waals surface area contributed by atoms with E-state index in [4.69, 9.17) is 26.8 Å². The van der Waals surface area contributed by atoms with E-state index in [1.165, 1.54) is 19.1 Å². The Morgan fingerprint density at radius 2 is 1.84 bits per heavy atom. The number of halogens is 1. The van der Waals surface area contributed by atoms with Crippen LogP contribution in [0.15, 0.2) is 30.3 Å². The van der Waals surface area contributed by atoms with E-state index in [9.17, 15) is 19.2 Å².